The van der Waals surface area contributed by atoms with Crippen LogP contribution in [-0.4, -0.2) is 46.6 Å². The predicted molar refractivity (Wildman–Crippen MR) is 115 cm³/mol. The lowest BCUT2D eigenvalue weighted by Gasteiger charge is -2.21. The number of alkyl halides is 3. The SMILES string of the molecule is CCS(=O)(=O)c1cc(N(C)C(=O)C2(C#N)CC2)cnc1-c1nc2cc(C(F)(F)F)ncc2n1C. The summed E-state index contributed by atoms with van der Waals surface area (Å²) in [5.74, 6) is -0.716. The molecule has 4 rings (SSSR count). The number of nitrogens with zero attached hydrogens (tertiary/aromatic N) is 6. The molecule has 0 unspecified atom stereocenters. The Bertz CT molecular complexity index is 1470. The van der Waals surface area contributed by atoms with Crippen LogP contribution >= 0.6 is 0 Å². The number of nitriles is 1. The molecule has 0 N–H and O–H groups in total. The van der Waals surface area contributed by atoms with Crippen LogP contribution in [0.25, 0.3) is 22.6 Å². The smallest absolute Gasteiger partial charge is 0.324 e. The summed E-state index contributed by atoms with van der Waals surface area (Å²) >= 11 is 0. The Balaban J connectivity index is 1.87. The largest absolute Gasteiger partial charge is 0.433 e. The molecule has 3 aromatic heterocycles. The molecule has 0 spiro atoms. The summed E-state index contributed by atoms with van der Waals surface area (Å²) in [6.45, 7) is 1.43. The Labute approximate surface area is 192 Å². The van der Waals surface area contributed by atoms with E-state index >= 15 is 0 Å². The monoisotopic (exact) mass is 492 g/mol. The molecule has 0 bridgehead atoms. The van der Waals surface area contributed by atoms with Gasteiger partial charge in [0.15, 0.2) is 15.7 Å². The lowest BCUT2D eigenvalue weighted by molar-refractivity contribution is -0.141. The fourth-order valence-corrected chi connectivity index (χ4v) is 4.62. The number of amides is 1. The second-order valence-electron chi connectivity index (χ2n) is 8.05. The number of pyridine rings is 2. The summed E-state index contributed by atoms with van der Waals surface area (Å²) in [7, 11) is -0.945. The first-order valence-corrected chi connectivity index (χ1v) is 11.8. The highest BCUT2D eigenvalue weighted by Crippen LogP contribution is 2.47. The van der Waals surface area contributed by atoms with Crippen LogP contribution in [-0.2, 0) is 27.9 Å². The Morgan fingerprint density at radius 1 is 1.26 bits per heavy atom. The second-order valence-corrected chi connectivity index (χ2v) is 10.3. The quantitative estimate of drug-likeness (QED) is 0.536. The van der Waals surface area contributed by atoms with E-state index in [1.165, 1.54) is 42.7 Å². The van der Waals surface area contributed by atoms with E-state index in [1.807, 2.05) is 6.07 Å². The van der Waals surface area contributed by atoms with Crippen LogP contribution < -0.4 is 4.90 Å². The number of carbonyl (C=O) groups is 1. The Morgan fingerprint density at radius 3 is 2.50 bits per heavy atom. The van der Waals surface area contributed by atoms with Gasteiger partial charge in [-0.15, -0.1) is 0 Å². The maximum Gasteiger partial charge on any atom is 0.433 e. The number of sulfone groups is 1. The van der Waals surface area contributed by atoms with Gasteiger partial charge in [-0.25, -0.2) is 23.4 Å². The molecule has 3 heterocycles. The molecular formula is C21H19F3N6O3S. The van der Waals surface area contributed by atoms with Gasteiger partial charge in [0.2, 0.25) is 5.91 Å². The zero-order chi connectivity index (χ0) is 25.1. The lowest BCUT2D eigenvalue weighted by Crippen LogP contribution is -2.33. The Kier molecular flexibility index (Phi) is 5.39. The van der Waals surface area contributed by atoms with Gasteiger partial charge in [-0.3, -0.25) is 4.79 Å². The standard InChI is InChI=1S/C21H19F3N6O3S/c1-4-34(32,33)15-7-12(29(2)19(31)20(11-25)5-6-20)9-27-17(15)18-28-13-8-16(21(22,23)24)26-10-14(13)30(18)3/h7-10H,4-6H2,1-3H3. The summed E-state index contributed by atoms with van der Waals surface area (Å²) in [5, 5.41) is 9.31. The third kappa shape index (κ3) is 3.77. The van der Waals surface area contributed by atoms with E-state index in [0.717, 1.165) is 12.3 Å². The maximum absolute atomic E-state index is 13.1. The predicted octanol–water partition coefficient (Wildman–Crippen LogP) is 3.11. The van der Waals surface area contributed by atoms with Gasteiger partial charge >= 0.3 is 6.18 Å². The maximum atomic E-state index is 13.1. The van der Waals surface area contributed by atoms with Gasteiger partial charge in [-0.2, -0.15) is 18.4 Å². The molecule has 13 heteroatoms. The summed E-state index contributed by atoms with van der Waals surface area (Å²) in [4.78, 5) is 25.6. The molecule has 34 heavy (non-hydrogen) atoms. The van der Waals surface area contributed by atoms with E-state index < -0.39 is 33.0 Å². The highest BCUT2D eigenvalue weighted by atomic mass is 32.2. The van der Waals surface area contributed by atoms with Crippen LogP contribution in [0.15, 0.2) is 29.4 Å². The van der Waals surface area contributed by atoms with Crippen LogP contribution in [0.5, 0.6) is 0 Å². The van der Waals surface area contributed by atoms with E-state index in [-0.39, 0.29) is 38.9 Å². The molecule has 0 saturated heterocycles. The Hall–Kier alpha value is -3.53. The number of carbonyl (C=O) groups excluding carboxylic acids is 1. The lowest BCUT2D eigenvalue weighted by atomic mass is 10.1. The van der Waals surface area contributed by atoms with Gasteiger partial charge in [0, 0.05) is 14.1 Å². The van der Waals surface area contributed by atoms with Crippen molar-refractivity contribution in [2.75, 3.05) is 17.7 Å². The molecule has 0 atom stereocenters. The number of rotatable bonds is 5. The van der Waals surface area contributed by atoms with Crippen molar-refractivity contribution in [2.24, 2.45) is 12.5 Å². The van der Waals surface area contributed by atoms with Crippen LogP contribution in [0.4, 0.5) is 18.9 Å². The number of aryl methyl sites for hydroxylation is 1. The average Bonchev–Trinajstić information content (AvgIpc) is 3.54. The molecule has 1 fully saturated rings. The minimum Gasteiger partial charge on any atom is -0.324 e. The number of fused-ring (bicyclic) bond motifs is 1. The first-order chi connectivity index (χ1) is 15.8. The van der Waals surface area contributed by atoms with Crippen molar-refractivity contribution in [3.05, 3.63) is 30.2 Å². The van der Waals surface area contributed by atoms with E-state index in [9.17, 15) is 31.6 Å². The zero-order valence-corrected chi connectivity index (χ0v) is 19.2. The van der Waals surface area contributed by atoms with Crippen molar-refractivity contribution in [2.45, 2.75) is 30.8 Å². The molecule has 1 amide bonds. The van der Waals surface area contributed by atoms with E-state index in [0.29, 0.717) is 12.8 Å². The van der Waals surface area contributed by atoms with Gasteiger partial charge in [0.25, 0.3) is 0 Å². The Morgan fingerprint density at radius 2 is 1.94 bits per heavy atom. The molecular weight excluding hydrogens is 473 g/mol. The number of hydrogen-bond acceptors (Lipinski definition) is 7. The first-order valence-electron chi connectivity index (χ1n) is 10.2. The topological polar surface area (TPSA) is 122 Å². The summed E-state index contributed by atoms with van der Waals surface area (Å²) in [5.41, 5.74) is -1.91. The van der Waals surface area contributed by atoms with Gasteiger partial charge in [0.05, 0.1) is 45.8 Å². The second kappa shape index (κ2) is 7.76. The van der Waals surface area contributed by atoms with Crippen molar-refractivity contribution in [3.63, 3.8) is 0 Å². The highest BCUT2D eigenvalue weighted by molar-refractivity contribution is 7.91. The average molecular weight is 492 g/mol. The third-order valence-corrected chi connectivity index (χ3v) is 7.63. The summed E-state index contributed by atoms with van der Waals surface area (Å²) in [6, 6.07) is 4.06. The molecule has 178 valence electrons. The van der Waals surface area contributed by atoms with Crippen LogP contribution in [0, 0.1) is 16.7 Å². The van der Waals surface area contributed by atoms with E-state index in [1.54, 1.807) is 0 Å². The molecule has 1 aliphatic rings. The first kappa shape index (κ1) is 23.6. The van der Waals surface area contributed by atoms with Gasteiger partial charge in [-0.1, -0.05) is 6.92 Å². The molecule has 9 nitrogen and oxygen atoms in total. The fourth-order valence-electron chi connectivity index (χ4n) is 3.57. The summed E-state index contributed by atoms with van der Waals surface area (Å²) < 4.78 is 66.5. The molecule has 0 aromatic carbocycles. The van der Waals surface area contributed by atoms with Crippen molar-refractivity contribution < 1.29 is 26.4 Å². The molecule has 0 radical (unpaired) electrons. The van der Waals surface area contributed by atoms with Gasteiger partial charge in [-0.05, 0) is 25.0 Å². The van der Waals surface area contributed by atoms with Crippen molar-refractivity contribution in [3.8, 4) is 17.6 Å². The molecule has 0 aliphatic heterocycles. The third-order valence-electron chi connectivity index (χ3n) is 5.89. The van der Waals surface area contributed by atoms with Crippen LogP contribution in [0.2, 0.25) is 0 Å². The van der Waals surface area contributed by atoms with Crippen LogP contribution in [0.3, 0.4) is 0 Å². The number of hydrogen-bond donors (Lipinski definition) is 0. The van der Waals surface area contributed by atoms with E-state index in [2.05, 4.69) is 15.0 Å². The zero-order valence-electron chi connectivity index (χ0n) is 18.4. The molecule has 1 aliphatic carbocycles. The summed E-state index contributed by atoms with van der Waals surface area (Å²) in [6.07, 6.45) is -1.53. The van der Waals surface area contributed by atoms with Gasteiger partial charge < -0.3 is 9.47 Å². The van der Waals surface area contributed by atoms with Crippen molar-refractivity contribution >= 4 is 32.5 Å². The highest BCUT2D eigenvalue weighted by Gasteiger charge is 2.52. The number of halogens is 3. The number of aromatic nitrogens is 4. The van der Waals surface area contributed by atoms with Crippen LogP contribution in [0.1, 0.15) is 25.5 Å². The molecule has 1 saturated carbocycles. The molecule has 3 aromatic rings. The normalized spacial score (nSPS) is 15.2. The van der Waals surface area contributed by atoms with Gasteiger partial charge in [0.1, 0.15) is 16.8 Å². The van der Waals surface area contributed by atoms with Crippen molar-refractivity contribution in [1.82, 2.24) is 19.5 Å². The fraction of sp³-hybridized carbons (Fsp3) is 0.381. The minimum absolute atomic E-state index is 0.0254. The minimum atomic E-state index is -4.66. The number of anilines is 1. The van der Waals surface area contributed by atoms with E-state index in [4.69, 9.17) is 0 Å². The van der Waals surface area contributed by atoms with Crippen molar-refractivity contribution in [1.29, 1.82) is 5.26 Å². The number of imidazole rings is 1.